The monoisotopic (exact) mass is 1720 g/mol. The molecular formula is C117H137N8O4+3. The van der Waals surface area contributed by atoms with Crippen LogP contribution in [0.5, 0.6) is 46.0 Å². The fourth-order valence-corrected chi connectivity index (χ4v) is 19.4. The molecule has 0 bridgehead atoms. The molecule has 129 heavy (non-hydrogen) atoms. The van der Waals surface area contributed by atoms with Gasteiger partial charge in [0.1, 0.15) is 62.7 Å². The van der Waals surface area contributed by atoms with Crippen molar-refractivity contribution in [3.05, 3.63) is 334 Å². The van der Waals surface area contributed by atoms with Crippen molar-refractivity contribution < 1.29 is 32.7 Å². The maximum absolute atomic E-state index is 7.43. The van der Waals surface area contributed by atoms with E-state index < -0.39 is 12.1 Å². The van der Waals surface area contributed by atoms with Crippen LogP contribution in [0.3, 0.4) is 0 Å². The lowest BCUT2D eigenvalue weighted by molar-refractivity contribution is -0.946. The zero-order chi connectivity index (χ0) is 88.0. The van der Waals surface area contributed by atoms with Crippen molar-refractivity contribution in [3.63, 3.8) is 0 Å². The number of ether oxygens (including phenoxy) is 4. The van der Waals surface area contributed by atoms with E-state index in [9.17, 15) is 0 Å². The van der Waals surface area contributed by atoms with Gasteiger partial charge in [-0.05, 0) is 273 Å². The summed E-state index contributed by atoms with van der Waals surface area (Å²) in [5, 5.41) is 0. The van der Waals surface area contributed by atoms with Crippen LogP contribution in [0.15, 0.2) is 287 Å². The Morgan fingerprint density at radius 2 is 0.566 bits per heavy atom. The third-order valence-electron chi connectivity index (χ3n) is 26.0. The molecule has 8 aliphatic heterocycles. The standard InChI is InChI=1S/C117H137N8O4/c1-5-9-13-17-21-25-29-33-37-41-45-49-53-65-89-69-57-73-93(85-89)126-101-81-61-77-97-105(101)113-119-111-99-79-63-82-102(127-94-74-58-70-90(86-94)66-54-50-46-42-38-34-30-26-22-18-14-10-6-2)106(99)114-120-112-100-80-64-84-104(129-96-76-60-72-92(88-96)68-56-52-48-44-40-36-32-28-24-20-16-12-8-4)108(100)116-121-115-107-98(110-118-109(97)122(113)117(123(110)115,124(111)114)125(112)116)78-62-83-103(107)128-95-75-59-71-91(87-95)67-55-51-47-43-39-35-31-27-23-19-15-11-7-3/h13-20,25-32,57-64,69-88,115H,5-12,21-24,33-56,65-68H2,1-4H3/q+3/b17-13+,18-14+,19-15+,20-16+,29-25+,30-26+,31-27+,32-28+/t115?,117-/m1/s1. The smallest absolute Gasteiger partial charge is 0.445 e. The van der Waals surface area contributed by atoms with E-state index in [1.54, 1.807) is 0 Å². The average Bonchev–Trinajstić information content (AvgIpc) is 1.46. The molecule has 8 aliphatic rings. The Hall–Kier alpha value is -11.6. The first-order valence-corrected chi connectivity index (χ1v) is 49.9. The molecule has 8 aromatic rings. The highest BCUT2D eigenvalue weighted by molar-refractivity contribution is 6.29. The molecule has 0 amide bonds. The molecule has 12 nitrogen and oxygen atoms in total. The van der Waals surface area contributed by atoms with E-state index in [0.29, 0.717) is 34.7 Å². The molecule has 2 atom stereocenters. The minimum absolute atomic E-state index is 0.688. The third kappa shape index (κ3) is 21.8. The molecule has 0 aliphatic carbocycles. The number of hydrogen-bond acceptors (Lipinski definition) is 9. The first-order chi connectivity index (χ1) is 63.9. The molecule has 0 N–H and O–H groups in total. The van der Waals surface area contributed by atoms with E-state index in [4.69, 9.17) is 38.9 Å². The number of aliphatic imine (C=N–C) groups is 4. The van der Waals surface area contributed by atoms with Gasteiger partial charge in [-0.3, -0.25) is 0 Å². The van der Waals surface area contributed by atoms with Gasteiger partial charge in [0.25, 0.3) is 35.0 Å². The summed E-state index contributed by atoms with van der Waals surface area (Å²) in [5.41, 5.74) is 12.2. The summed E-state index contributed by atoms with van der Waals surface area (Å²) in [6, 6.07) is 60.7. The number of hydrogen-bond donors (Lipinski definition) is 0. The van der Waals surface area contributed by atoms with Gasteiger partial charge in [0.15, 0.2) is 0 Å². The average molecular weight is 1720 g/mol. The van der Waals surface area contributed by atoms with Gasteiger partial charge in [-0.1, -0.05) is 315 Å². The second kappa shape index (κ2) is 46.6. The number of benzene rings is 8. The van der Waals surface area contributed by atoms with Crippen molar-refractivity contribution in [3.8, 4) is 46.0 Å². The fraction of sp³-hybridized carbons (Fsp3) is 0.393. The summed E-state index contributed by atoms with van der Waals surface area (Å²) < 4.78 is 36.8. The molecule has 0 saturated heterocycles. The van der Waals surface area contributed by atoms with Crippen molar-refractivity contribution in [2.45, 2.75) is 297 Å². The van der Waals surface area contributed by atoms with Crippen LogP contribution in [-0.4, -0.2) is 65.4 Å². The van der Waals surface area contributed by atoms with E-state index in [0.717, 1.165) is 225 Å². The van der Waals surface area contributed by atoms with Crippen molar-refractivity contribution in [2.75, 3.05) is 0 Å². The van der Waals surface area contributed by atoms with E-state index in [1.807, 2.05) is 0 Å². The zero-order valence-corrected chi connectivity index (χ0v) is 77.5. The number of aryl methyl sites for hydroxylation is 4. The van der Waals surface area contributed by atoms with Crippen LogP contribution in [0, 0.1) is 0 Å². The number of fused-ring (bicyclic) bond motifs is 12. The molecule has 0 saturated carbocycles. The van der Waals surface area contributed by atoms with Crippen molar-refractivity contribution in [1.29, 1.82) is 0 Å². The highest BCUT2D eigenvalue weighted by atomic mass is 16.5. The Bertz CT molecular complexity index is 5710. The zero-order valence-electron chi connectivity index (χ0n) is 77.5. The van der Waals surface area contributed by atoms with Gasteiger partial charge in [0.2, 0.25) is 12.0 Å². The lowest BCUT2D eigenvalue weighted by atomic mass is 10.0. The number of nitrogens with zero attached hydrogens (tertiary/aromatic N) is 8. The Kier molecular flexibility index (Phi) is 32.7. The van der Waals surface area contributed by atoms with E-state index in [1.165, 1.54) is 151 Å². The summed E-state index contributed by atoms with van der Waals surface area (Å²) in [4.78, 5) is 26.8. The van der Waals surface area contributed by atoms with Crippen LogP contribution >= 0.6 is 0 Å². The van der Waals surface area contributed by atoms with Gasteiger partial charge < -0.3 is 18.9 Å². The molecule has 1 unspecified atom stereocenters. The van der Waals surface area contributed by atoms with Crippen LogP contribution in [-0.2, 0) is 25.7 Å². The first kappa shape index (κ1) is 90.7. The minimum atomic E-state index is -1.39. The number of allylic oxidation sites excluding steroid dienone is 16. The van der Waals surface area contributed by atoms with Gasteiger partial charge in [0.05, 0.1) is 22.3 Å². The predicted octanol–water partition coefficient (Wildman–Crippen LogP) is 31.0. The van der Waals surface area contributed by atoms with Crippen LogP contribution in [0.2, 0.25) is 0 Å². The van der Waals surface area contributed by atoms with E-state index in [2.05, 4.69) is 313 Å². The molecule has 0 fully saturated rings. The van der Waals surface area contributed by atoms with Gasteiger partial charge in [-0.25, -0.2) is 4.90 Å². The summed E-state index contributed by atoms with van der Waals surface area (Å²) in [6.45, 7) is 8.93. The van der Waals surface area contributed by atoms with Gasteiger partial charge in [-0.2, -0.15) is 0 Å². The van der Waals surface area contributed by atoms with Crippen molar-refractivity contribution in [1.82, 2.24) is 4.90 Å². The topological polar surface area (TPSA) is 98.6 Å². The molecule has 8 aromatic carbocycles. The molecule has 16 rings (SSSR count). The molecular weight excluding hydrogens is 1580 g/mol. The van der Waals surface area contributed by atoms with Crippen LogP contribution < -0.4 is 18.9 Å². The molecule has 12 heteroatoms. The molecule has 1 spiro atoms. The maximum Gasteiger partial charge on any atom is 0.445 e. The number of amidine groups is 7. The lowest BCUT2D eigenvalue weighted by Crippen LogP contribution is -2.78. The van der Waals surface area contributed by atoms with Crippen molar-refractivity contribution >= 4 is 40.8 Å². The lowest BCUT2D eigenvalue weighted by Gasteiger charge is -2.45. The highest BCUT2D eigenvalue weighted by Gasteiger charge is 2.79. The summed E-state index contributed by atoms with van der Waals surface area (Å²) in [6.07, 6.45) is 82.5. The number of unbranched alkanes of at least 4 members (excludes halogenated alkanes) is 24. The van der Waals surface area contributed by atoms with Crippen LogP contribution in [0.1, 0.15) is 332 Å². The summed E-state index contributed by atoms with van der Waals surface area (Å²) >= 11 is 0. The number of rotatable bonds is 56. The summed E-state index contributed by atoms with van der Waals surface area (Å²) in [5.74, 6) is 9.62. The molecule has 0 aromatic heterocycles. The Labute approximate surface area is 770 Å². The summed E-state index contributed by atoms with van der Waals surface area (Å²) in [7, 11) is 0. The third-order valence-corrected chi connectivity index (χ3v) is 26.0. The highest BCUT2D eigenvalue weighted by Crippen LogP contribution is 2.57. The second-order valence-corrected chi connectivity index (χ2v) is 35.9. The largest absolute Gasteiger partial charge is 0.457 e. The van der Waals surface area contributed by atoms with Crippen LogP contribution in [0.25, 0.3) is 0 Å². The quantitative estimate of drug-likeness (QED) is 0.0215. The second-order valence-electron chi connectivity index (χ2n) is 35.9. The fourth-order valence-electron chi connectivity index (χ4n) is 19.4. The predicted molar refractivity (Wildman–Crippen MR) is 535 cm³/mol. The molecule has 0 radical (unpaired) electrons. The van der Waals surface area contributed by atoms with E-state index in [-0.39, 0.29) is 0 Å². The maximum atomic E-state index is 7.43. The minimum Gasteiger partial charge on any atom is -0.457 e. The Balaban J connectivity index is 0.742. The Morgan fingerprint density at radius 3 is 0.915 bits per heavy atom. The van der Waals surface area contributed by atoms with Gasteiger partial charge >= 0.3 is 5.91 Å². The van der Waals surface area contributed by atoms with Crippen molar-refractivity contribution in [2.24, 2.45) is 20.0 Å². The Morgan fingerprint density at radius 1 is 0.287 bits per heavy atom. The molecule has 8 heterocycles. The molecule has 666 valence electrons. The van der Waals surface area contributed by atoms with Crippen LogP contribution in [0.4, 0.5) is 0 Å². The SMILES string of the molecule is CCC/C=C/C/C=C/CCCCCCCc1cccc(Oc2cccc3c2C2=NC4=[N+]5C(=NC6=[N+]7C(=NC8c9c(Oc%10cccc(CCCCCCC/C=C/C/C=C/CCC)c%10)cccc9C9=NC3=[N+]2[C@@]57N98)c2c(Oc3cccc(CCCCCCC/C=C/C/C=C/CCC)c3)cccc26)c2c(Oc3cccc(CCCCCCC/C=C/C/C=C/CCC)c3)cccc24)c1. The van der Waals surface area contributed by atoms with Gasteiger partial charge in [-0.15, -0.1) is 18.7 Å². The normalized spacial score (nSPS) is 16.5. The first-order valence-electron chi connectivity index (χ1n) is 49.9. The van der Waals surface area contributed by atoms with E-state index >= 15 is 0 Å². The van der Waals surface area contributed by atoms with Gasteiger partial charge in [0, 0.05) is 5.56 Å².